The molecular weight excluding hydrogens is 434 g/mol. The highest BCUT2D eigenvalue weighted by Crippen LogP contribution is 2.28. The second kappa shape index (κ2) is 8.97. The zero-order valence-corrected chi connectivity index (χ0v) is 18.0. The molecule has 1 aromatic heterocycles. The maximum atomic E-state index is 12.5. The summed E-state index contributed by atoms with van der Waals surface area (Å²) in [5.74, 6) is 0.646. The van der Waals surface area contributed by atoms with E-state index in [0.29, 0.717) is 5.75 Å². The Morgan fingerprint density at radius 1 is 1.04 bits per heavy atom. The van der Waals surface area contributed by atoms with E-state index in [9.17, 15) is 4.79 Å². The Labute approximate surface area is 178 Å². The zero-order valence-electron chi connectivity index (χ0n) is 15.6. The summed E-state index contributed by atoms with van der Waals surface area (Å²) in [5.41, 5.74) is 3.39. The van der Waals surface area contributed by atoms with Gasteiger partial charge in [0.1, 0.15) is 0 Å². The van der Waals surface area contributed by atoms with Crippen molar-refractivity contribution in [1.82, 2.24) is 14.5 Å². The zero-order chi connectivity index (χ0) is 19.3. The number of thioether (sulfide) groups is 1. The fourth-order valence-electron chi connectivity index (χ4n) is 3.43. The fourth-order valence-corrected chi connectivity index (χ4v) is 4.57. The molecule has 0 bridgehead atoms. The van der Waals surface area contributed by atoms with E-state index in [1.807, 2.05) is 29.3 Å². The van der Waals surface area contributed by atoms with Gasteiger partial charge in [0, 0.05) is 17.6 Å². The van der Waals surface area contributed by atoms with E-state index in [1.165, 1.54) is 17.3 Å². The lowest BCUT2D eigenvalue weighted by Crippen LogP contribution is -2.29. The lowest BCUT2D eigenvalue weighted by atomic mass is 10.1. The Morgan fingerprint density at radius 3 is 2.46 bits per heavy atom. The minimum Gasteiger partial charge on any atom is -0.342 e. The van der Waals surface area contributed by atoms with Crippen molar-refractivity contribution in [1.29, 1.82) is 0 Å². The summed E-state index contributed by atoms with van der Waals surface area (Å²) in [6, 6.07) is 18.6. The van der Waals surface area contributed by atoms with Crippen LogP contribution < -0.4 is 0 Å². The highest BCUT2D eigenvalue weighted by molar-refractivity contribution is 9.10. The molecule has 0 atom stereocenters. The number of imidazole rings is 1. The van der Waals surface area contributed by atoms with Gasteiger partial charge in [0.15, 0.2) is 5.16 Å². The van der Waals surface area contributed by atoms with Gasteiger partial charge >= 0.3 is 0 Å². The summed E-state index contributed by atoms with van der Waals surface area (Å²) in [6.45, 7) is 2.51. The van der Waals surface area contributed by atoms with Crippen molar-refractivity contribution < 1.29 is 4.79 Å². The summed E-state index contributed by atoms with van der Waals surface area (Å²) in [4.78, 5) is 19.1. The molecule has 1 amide bonds. The molecule has 28 heavy (non-hydrogen) atoms. The van der Waals surface area contributed by atoms with Crippen LogP contribution in [0.15, 0.2) is 70.4 Å². The van der Waals surface area contributed by atoms with E-state index in [-0.39, 0.29) is 5.91 Å². The normalized spacial score (nSPS) is 13.8. The summed E-state index contributed by atoms with van der Waals surface area (Å²) in [7, 11) is 0. The SMILES string of the molecule is O=C(CSc1ncc(-c2ccc(Br)cc2)n1Cc1ccccc1)N1CCCC1. The predicted molar refractivity (Wildman–Crippen MR) is 117 cm³/mol. The molecule has 4 nitrogen and oxygen atoms in total. The minimum absolute atomic E-state index is 0.210. The standard InChI is InChI=1S/C22H22BrN3OS/c23-19-10-8-18(9-11-19)20-14-24-22(26(20)15-17-6-2-1-3-7-17)28-16-21(27)25-12-4-5-13-25/h1-3,6-11,14H,4-5,12-13,15-16H2. The van der Waals surface area contributed by atoms with Crippen LogP contribution in [-0.4, -0.2) is 39.2 Å². The van der Waals surface area contributed by atoms with Gasteiger partial charge in [0.05, 0.1) is 24.2 Å². The van der Waals surface area contributed by atoms with E-state index in [2.05, 4.69) is 61.9 Å². The molecule has 3 aromatic rings. The first kappa shape index (κ1) is 19.3. The topological polar surface area (TPSA) is 38.1 Å². The molecule has 1 aliphatic rings. The number of carbonyl (C=O) groups excluding carboxylic acids is 1. The third-order valence-corrected chi connectivity index (χ3v) is 6.43. The van der Waals surface area contributed by atoms with Crippen LogP contribution in [0.4, 0.5) is 0 Å². The molecule has 4 rings (SSSR count). The first-order valence-corrected chi connectivity index (χ1v) is 11.2. The number of amides is 1. The summed E-state index contributed by atoms with van der Waals surface area (Å²) < 4.78 is 3.26. The molecule has 0 aliphatic carbocycles. The van der Waals surface area contributed by atoms with Gasteiger partial charge < -0.3 is 9.47 Å². The van der Waals surface area contributed by atoms with Gasteiger partial charge in [0.25, 0.3) is 0 Å². The Kier molecular flexibility index (Phi) is 6.17. The lowest BCUT2D eigenvalue weighted by Gasteiger charge is -2.16. The van der Waals surface area contributed by atoms with Gasteiger partial charge in [-0.15, -0.1) is 0 Å². The van der Waals surface area contributed by atoms with Crippen molar-refractivity contribution in [3.8, 4) is 11.3 Å². The first-order valence-electron chi connectivity index (χ1n) is 9.47. The molecule has 0 unspecified atom stereocenters. The minimum atomic E-state index is 0.210. The number of benzene rings is 2. The summed E-state index contributed by atoms with van der Waals surface area (Å²) >= 11 is 5.03. The van der Waals surface area contributed by atoms with Crippen molar-refractivity contribution in [3.63, 3.8) is 0 Å². The first-order chi connectivity index (χ1) is 13.7. The van der Waals surface area contributed by atoms with Crippen LogP contribution in [0.3, 0.4) is 0 Å². The van der Waals surface area contributed by atoms with Crippen LogP contribution in [0.1, 0.15) is 18.4 Å². The molecular formula is C22H22BrN3OS. The molecule has 2 heterocycles. The Bertz CT molecular complexity index is 934. The number of hydrogen-bond donors (Lipinski definition) is 0. The molecule has 1 fully saturated rings. The lowest BCUT2D eigenvalue weighted by molar-refractivity contribution is -0.127. The quantitative estimate of drug-likeness (QED) is 0.486. The highest BCUT2D eigenvalue weighted by Gasteiger charge is 2.20. The predicted octanol–water partition coefficient (Wildman–Crippen LogP) is 5.08. The molecule has 2 aromatic carbocycles. The van der Waals surface area contributed by atoms with Gasteiger partial charge in [-0.1, -0.05) is 70.2 Å². The van der Waals surface area contributed by atoms with Crippen LogP contribution >= 0.6 is 27.7 Å². The van der Waals surface area contributed by atoms with Crippen molar-refractivity contribution in [3.05, 3.63) is 70.8 Å². The molecule has 144 valence electrons. The summed E-state index contributed by atoms with van der Waals surface area (Å²) in [5, 5.41) is 0.884. The third kappa shape index (κ3) is 4.50. The van der Waals surface area contributed by atoms with Gasteiger partial charge in [-0.25, -0.2) is 4.98 Å². The number of hydrogen-bond acceptors (Lipinski definition) is 3. The number of likely N-dealkylation sites (tertiary alicyclic amines) is 1. The van der Waals surface area contributed by atoms with Gasteiger partial charge in [0.2, 0.25) is 5.91 Å². The van der Waals surface area contributed by atoms with Crippen LogP contribution in [0.5, 0.6) is 0 Å². The van der Waals surface area contributed by atoms with Crippen LogP contribution in [0.2, 0.25) is 0 Å². The average molecular weight is 456 g/mol. The summed E-state index contributed by atoms with van der Waals surface area (Å²) in [6.07, 6.45) is 4.15. The average Bonchev–Trinajstić information content (AvgIpc) is 3.38. The maximum Gasteiger partial charge on any atom is 0.233 e. The van der Waals surface area contributed by atoms with Gasteiger partial charge in [-0.05, 0) is 36.1 Å². The van der Waals surface area contributed by atoms with E-state index < -0.39 is 0 Å². The molecule has 0 spiro atoms. The fraction of sp³-hybridized carbons (Fsp3) is 0.273. The van der Waals surface area contributed by atoms with Crippen molar-refractivity contribution in [2.75, 3.05) is 18.8 Å². The largest absolute Gasteiger partial charge is 0.342 e. The molecule has 6 heteroatoms. The second-order valence-electron chi connectivity index (χ2n) is 6.88. The molecule has 0 N–H and O–H groups in total. The number of carbonyl (C=O) groups is 1. The van der Waals surface area contributed by atoms with Gasteiger partial charge in [-0.2, -0.15) is 0 Å². The molecule has 1 aliphatic heterocycles. The third-order valence-electron chi connectivity index (χ3n) is 4.93. The van der Waals surface area contributed by atoms with Gasteiger partial charge in [-0.3, -0.25) is 4.79 Å². The number of nitrogens with zero attached hydrogens (tertiary/aromatic N) is 3. The van der Waals surface area contributed by atoms with Crippen LogP contribution in [0.25, 0.3) is 11.3 Å². The smallest absolute Gasteiger partial charge is 0.233 e. The van der Waals surface area contributed by atoms with E-state index >= 15 is 0 Å². The monoisotopic (exact) mass is 455 g/mol. The molecule has 0 radical (unpaired) electrons. The number of halogens is 1. The maximum absolute atomic E-state index is 12.5. The Hall–Kier alpha value is -2.05. The Balaban J connectivity index is 1.59. The van der Waals surface area contributed by atoms with Crippen LogP contribution in [0, 0.1) is 0 Å². The van der Waals surface area contributed by atoms with Crippen LogP contribution in [-0.2, 0) is 11.3 Å². The molecule has 1 saturated heterocycles. The van der Waals surface area contributed by atoms with Crippen molar-refractivity contribution in [2.45, 2.75) is 24.5 Å². The van der Waals surface area contributed by atoms with E-state index in [4.69, 9.17) is 0 Å². The number of aromatic nitrogens is 2. The highest BCUT2D eigenvalue weighted by atomic mass is 79.9. The number of rotatable bonds is 6. The molecule has 0 saturated carbocycles. The Morgan fingerprint density at radius 2 is 1.75 bits per heavy atom. The van der Waals surface area contributed by atoms with E-state index in [1.54, 1.807) is 0 Å². The van der Waals surface area contributed by atoms with Crippen molar-refractivity contribution in [2.24, 2.45) is 0 Å². The second-order valence-corrected chi connectivity index (χ2v) is 8.74. The van der Waals surface area contributed by atoms with Crippen molar-refractivity contribution >= 4 is 33.6 Å². The van der Waals surface area contributed by atoms with E-state index in [0.717, 1.165) is 53.4 Å².